The van der Waals surface area contributed by atoms with E-state index in [0.717, 1.165) is 56.6 Å². The zero-order valence-corrected chi connectivity index (χ0v) is 33.9. The number of fused-ring (bicyclic) bond motifs is 2. The number of benzene rings is 2. The second-order valence-corrected chi connectivity index (χ2v) is 16.1. The second-order valence-electron chi connectivity index (χ2n) is 15.7. The predicted octanol–water partition coefficient (Wildman–Crippen LogP) is 3.31. The van der Waals surface area contributed by atoms with E-state index in [9.17, 15) is 19.2 Å². The predicted molar refractivity (Wildman–Crippen MR) is 229 cm³/mol. The van der Waals surface area contributed by atoms with Gasteiger partial charge in [0.1, 0.15) is 5.65 Å². The summed E-state index contributed by atoms with van der Waals surface area (Å²) >= 11 is 6.28. The highest BCUT2D eigenvalue weighted by Gasteiger charge is 2.38. The second kappa shape index (κ2) is 18.8. The number of piperidine rings is 1. The molecule has 8 rings (SSSR count). The molecule has 59 heavy (non-hydrogen) atoms. The molecule has 6 heterocycles. The number of nitrogens with zero attached hydrogens (tertiary/aromatic N) is 7. The number of nitrogens with one attached hydrogen (secondary N) is 3. The number of carbonyl (C=O) groups excluding carboxylic acids is 3. The molecule has 0 radical (unpaired) electrons. The molecule has 308 valence electrons. The Labute approximate surface area is 348 Å². The third-order valence-corrected chi connectivity index (χ3v) is 12.2. The van der Waals surface area contributed by atoms with E-state index in [1.54, 1.807) is 48.9 Å². The van der Waals surface area contributed by atoms with Gasteiger partial charge in [0.05, 0.1) is 16.1 Å². The Bertz CT molecular complexity index is 2350. The van der Waals surface area contributed by atoms with Crippen LogP contribution < -0.4 is 21.5 Å². The molecule has 0 saturated carbocycles. The highest BCUT2D eigenvalue weighted by Crippen LogP contribution is 2.34. The van der Waals surface area contributed by atoms with Crippen molar-refractivity contribution in [2.75, 3.05) is 90.4 Å². The van der Waals surface area contributed by atoms with E-state index in [1.165, 1.54) is 4.40 Å². The van der Waals surface area contributed by atoms with Crippen LogP contribution in [-0.4, -0.2) is 137 Å². The third-order valence-electron chi connectivity index (χ3n) is 11.9. The van der Waals surface area contributed by atoms with Gasteiger partial charge in [0.15, 0.2) is 0 Å². The SMILES string of the molecule is O=C(CCN1CCNCC1)Nc1ccn2c(=O)c(CN3CCN(C(=O)[C@@H]4CCN(CCNC(=O)c5ccc6c(Cl)ccnc6c5)C[C@H]4c4ccccc4)CC3)cnc2c1. The molecule has 15 heteroatoms. The summed E-state index contributed by atoms with van der Waals surface area (Å²) in [7, 11) is 0. The Hall–Kier alpha value is -5.25. The van der Waals surface area contributed by atoms with Crippen molar-refractivity contribution in [2.24, 2.45) is 5.92 Å². The van der Waals surface area contributed by atoms with Crippen LogP contribution in [0.3, 0.4) is 0 Å². The number of piperazine rings is 2. The molecule has 0 aliphatic carbocycles. The maximum absolute atomic E-state index is 14.2. The number of hydrogen-bond donors (Lipinski definition) is 3. The summed E-state index contributed by atoms with van der Waals surface area (Å²) in [6.07, 6.45) is 6.07. The molecule has 0 unspecified atom stereocenters. The van der Waals surface area contributed by atoms with Gasteiger partial charge < -0.3 is 30.7 Å². The fourth-order valence-corrected chi connectivity index (χ4v) is 8.78. The summed E-state index contributed by atoms with van der Waals surface area (Å²) in [4.78, 5) is 71.1. The van der Waals surface area contributed by atoms with Gasteiger partial charge in [-0.1, -0.05) is 48.0 Å². The van der Waals surface area contributed by atoms with Crippen molar-refractivity contribution in [2.45, 2.75) is 25.3 Å². The zero-order chi connectivity index (χ0) is 40.7. The van der Waals surface area contributed by atoms with Gasteiger partial charge in [-0.3, -0.25) is 33.5 Å². The van der Waals surface area contributed by atoms with Gasteiger partial charge in [-0.2, -0.15) is 0 Å². The fourth-order valence-electron chi connectivity index (χ4n) is 8.56. The van der Waals surface area contributed by atoms with Gasteiger partial charge in [-0.25, -0.2) is 4.98 Å². The van der Waals surface area contributed by atoms with Crippen molar-refractivity contribution >= 4 is 51.6 Å². The van der Waals surface area contributed by atoms with Crippen molar-refractivity contribution in [3.05, 3.63) is 117 Å². The molecule has 3 fully saturated rings. The summed E-state index contributed by atoms with van der Waals surface area (Å²) in [5, 5.41) is 10.7. The number of amides is 3. The molecule has 5 aromatic rings. The topological polar surface area (TPSA) is 148 Å². The summed E-state index contributed by atoms with van der Waals surface area (Å²) in [5.74, 6) is -0.171. The minimum absolute atomic E-state index is 0.0253. The first kappa shape index (κ1) is 40.5. The first-order valence-corrected chi connectivity index (χ1v) is 21.0. The van der Waals surface area contributed by atoms with E-state index in [2.05, 4.69) is 52.8 Å². The lowest BCUT2D eigenvalue weighted by Crippen LogP contribution is -2.53. The number of carbonyl (C=O) groups is 3. The molecule has 14 nitrogen and oxygen atoms in total. The van der Waals surface area contributed by atoms with Gasteiger partial charge in [0, 0.05) is 145 Å². The minimum Gasteiger partial charge on any atom is -0.351 e. The normalized spacial score (nSPS) is 19.5. The molecule has 2 aromatic carbocycles. The molecule has 3 amide bonds. The van der Waals surface area contributed by atoms with Gasteiger partial charge in [0.25, 0.3) is 11.5 Å². The van der Waals surface area contributed by atoms with Gasteiger partial charge >= 0.3 is 0 Å². The van der Waals surface area contributed by atoms with Crippen molar-refractivity contribution in [3.63, 3.8) is 0 Å². The van der Waals surface area contributed by atoms with E-state index in [0.29, 0.717) is 91.8 Å². The van der Waals surface area contributed by atoms with Gasteiger partial charge in [0.2, 0.25) is 11.8 Å². The highest BCUT2D eigenvalue weighted by molar-refractivity contribution is 6.35. The highest BCUT2D eigenvalue weighted by atomic mass is 35.5. The van der Waals surface area contributed by atoms with Crippen LogP contribution in [0.4, 0.5) is 5.69 Å². The molecular weight excluding hydrogens is 768 g/mol. The Morgan fingerprint density at radius 3 is 2.47 bits per heavy atom. The largest absolute Gasteiger partial charge is 0.351 e. The lowest BCUT2D eigenvalue weighted by molar-refractivity contribution is -0.139. The van der Waals surface area contributed by atoms with E-state index < -0.39 is 0 Å². The van der Waals surface area contributed by atoms with E-state index in [4.69, 9.17) is 11.6 Å². The maximum atomic E-state index is 14.2. The number of rotatable bonds is 12. The van der Waals surface area contributed by atoms with Crippen molar-refractivity contribution in [1.29, 1.82) is 0 Å². The molecule has 3 saturated heterocycles. The van der Waals surface area contributed by atoms with Crippen LogP contribution in [0.25, 0.3) is 16.6 Å². The number of halogens is 1. The Morgan fingerprint density at radius 2 is 1.66 bits per heavy atom. The summed E-state index contributed by atoms with van der Waals surface area (Å²) < 4.78 is 1.52. The number of likely N-dealkylation sites (tertiary alicyclic amines) is 1. The molecule has 3 aliphatic rings. The first-order chi connectivity index (χ1) is 28.8. The summed E-state index contributed by atoms with van der Waals surface area (Å²) in [5.41, 5.74) is 3.89. The lowest BCUT2D eigenvalue weighted by Gasteiger charge is -2.42. The molecule has 2 atom stereocenters. The lowest BCUT2D eigenvalue weighted by atomic mass is 9.79. The van der Waals surface area contributed by atoms with Crippen LogP contribution >= 0.6 is 11.6 Å². The number of aromatic nitrogens is 3. The number of anilines is 1. The van der Waals surface area contributed by atoms with Crippen LogP contribution in [0.15, 0.2) is 90.1 Å². The Balaban J connectivity index is 0.830. The molecule has 3 aliphatic heterocycles. The molecular formula is C44H51ClN10O4. The van der Waals surface area contributed by atoms with E-state index in [1.807, 2.05) is 29.2 Å². The van der Waals surface area contributed by atoms with Crippen molar-refractivity contribution < 1.29 is 14.4 Å². The molecule has 0 bridgehead atoms. The number of hydrogen-bond acceptors (Lipinski definition) is 10. The van der Waals surface area contributed by atoms with Crippen LogP contribution in [-0.2, 0) is 16.1 Å². The molecule has 3 N–H and O–H groups in total. The molecule has 3 aromatic heterocycles. The van der Waals surface area contributed by atoms with Crippen molar-refractivity contribution in [3.8, 4) is 0 Å². The van der Waals surface area contributed by atoms with Crippen LogP contribution in [0.1, 0.15) is 40.2 Å². The van der Waals surface area contributed by atoms with E-state index >= 15 is 0 Å². The standard InChI is InChI=1S/C44H51ClN10O4/c45-38-8-12-47-39-26-32(6-7-36(38)39)42(57)48-15-21-52-16-10-35(37(30-52)31-4-2-1-3-5-31)44(59)54-24-22-53(23-25-54)29-33-28-49-40-27-34(9-18-55(40)43(33)58)50-41(56)11-17-51-19-13-46-14-20-51/h1-9,12,18,26-28,35,37,46H,10-11,13-17,19-25,29-30H2,(H,48,57)(H,50,56)/t35-,37+/m1/s1. The Morgan fingerprint density at radius 1 is 0.847 bits per heavy atom. The van der Waals surface area contributed by atoms with Crippen LogP contribution in [0.5, 0.6) is 0 Å². The minimum atomic E-state index is -0.160. The quantitative estimate of drug-likeness (QED) is 0.172. The van der Waals surface area contributed by atoms with Crippen LogP contribution in [0.2, 0.25) is 5.02 Å². The Kier molecular flexibility index (Phi) is 12.9. The third kappa shape index (κ3) is 9.80. The monoisotopic (exact) mass is 818 g/mol. The maximum Gasteiger partial charge on any atom is 0.262 e. The van der Waals surface area contributed by atoms with Gasteiger partial charge in [-0.15, -0.1) is 0 Å². The van der Waals surface area contributed by atoms with Gasteiger partial charge in [-0.05, 0) is 42.8 Å². The fraction of sp³-hybridized carbons (Fsp3) is 0.409. The molecule has 0 spiro atoms. The number of pyridine rings is 2. The summed E-state index contributed by atoms with van der Waals surface area (Å²) in [6.45, 7) is 10.0. The van der Waals surface area contributed by atoms with E-state index in [-0.39, 0.29) is 35.1 Å². The average Bonchev–Trinajstić information content (AvgIpc) is 3.27. The first-order valence-electron chi connectivity index (χ1n) is 20.6. The smallest absolute Gasteiger partial charge is 0.262 e. The summed E-state index contributed by atoms with van der Waals surface area (Å²) in [6, 6.07) is 20.8. The van der Waals surface area contributed by atoms with Crippen LogP contribution in [0, 0.1) is 5.92 Å². The zero-order valence-electron chi connectivity index (χ0n) is 33.2. The van der Waals surface area contributed by atoms with Crippen molar-refractivity contribution in [1.82, 2.24) is 44.6 Å². The average molecular weight is 819 g/mol.